The highest BCUT2D eigenvalue weighted by molar-refractivity contribution is 5.98. The van der Waals surface area contributed by atoms with Gasteiger partial charge in [0.25, 0.3) is 0 Å². The second-order valence-electron chi connectivity index (χ2n) is 6.26. The smallest absolute Gasteiger partial charge is 0.324 e. The summed E-state index contributed by atoms with van der Waals surface area (Å²) >= 11 is 0. The summed E-state index contributed by atoms with van der Waals surface area (Å²) < 4.78 is 0. The van der Waals surface area contributed by atoms with Crippen LogP contribution in [0.4, 0.5) is 4.79 Å². The number of benzene rings is 1. The lowest BCUT2D eigenvalue weighted by atomic mass is 9.99. The second kappa shape index (κ2) is 9.39. The van der Waals surface area contributed by atoms with Crippen LogP contribution in [0.3, 0.4) is 0 Å². The lowest BCUT2D eigenvalue weighted by molar-refractivity contribution is -0.125. The molecule has 8 heteroatoms. The quantitative estimate of drug-likeness (QED) is 0.703. The largest absolute Gasteiger partial charge is 0.353 e. The predicted molar refractivity (Wildman–Crippen MR) is 97.4 cm³/mol. The number of nitrogens with two attached hydrogens (primary N) is 1. The highest BCUT2D eigenvalue weighted by atomic mass is 35.5. The summed E-state index contributed by atoms with van der Waals surface area (Å²) in [5, 5.41) is 4.91. The van der Waals surface area contributed by atoms with Gasteiger partial charge in [-0.05, 0) is 17.0 Å². The van der Waals surface area contributed by atoms with Gasteiger partial charge < -0.3 is 16.0 Å². The van der Waals surface area contributed by atoms with Gasteiger partial charge in [-0.3, -0.25) is 14.9 Å². The standard InChI is InChI=1S/C17H24N4O3.ClH/c1-11(2)12-3-5-13(6-4-12)14(18)9-19-16(23)10-21-8-7-15(22)20-17(21)24;/h3-6,11,14H,7-10,18H2,1-2H3,(H,19,23)(H,20,22,24);1H. The van der Waals surface area contributed by atoms with Crippen LogP contribution in [0, 0.1) is 0 Å². The van der Waals surface area contributed by atoms with E-state index in [0.717, 1.165) is 5.56 Å². The first-order valence-electron chi connectivity index (χ1n) is 8.07. The van der Waals surface area contributed by atoms with Crippen molar-refractivity contribution in [3.63, 3.8) is 0 Å². The molecule has 0 saturated carbocycles. The van der Waals surface area contributed by atoms with Crippen molar-refractivity contribution >= 4 is 30.3 Å². The molecule has 1 aromatic rings. The zero-order valence-electron chi connectivity index (χ0n) is 14.5. The Bertz CT molecular complexity index is 619. The molecule has 0 aliphatic carbocycles. The maximum Gasteiger partial charge on any atom is 0.324 e. The number of imide groups is 1. The van der Waals surface area contributed by atoms with E-state index in [9.17, 15) is 14.4 Å². The molecule has 1 fully saturated rings. The van der Waals surface area contributed by atoms with Gasteiger partial charge in [0.2, 0.25) is 11.8 Å². The lowest BCUT2D eigenvalue weighted by Crippen LogP contribution is -2.52. The Hall–Kier alpha value is -2.12. The molecule has 0 aromatic heterocycles. The van der Waals surface area contributed by atoms with E-state index < -0.39 is 6.03 Å². The number of carbonyl (C=O) groups excluding carboxylic acids is 3. The molecular formula is C17H25ClN4O3. The summed E-state index contributed by atoms with van der Waals surface area (Å²) in [6, 6.07) is 7.17. The molecule has 2 rings (SSSR count). The summed E-state index contributed by atoms with van der Waals surface area (Å²) in [4.78, 5) is 35.9. The molecule has 138 valence electrons. The van der Waals surface area contributed by atoms with Crippen molar-refractivity contribution in [1.29, 1.82) is 0 Å². The van der Waals surface area contributed by atoms with Crippen molar-refractivity contribution in [2.24, 2.45) is 5.73 Å². The van der Waals surface area contributed by atoms with Crippen LogP contribution in [0.5, 0.6) is 0 Å². The van der Waals surface area contributed by atoms with Crippen LogP contribution in [-0.2, 0) is 9.59 Å². The molecule has 1 aromatic carbocycles. The normalized spacial score (nSPS) is 15.4. The fourth-order valence-electron chi connectivity index (χ4n) is 2.45. The number of urea groups is 1. The number of rotatable bonds is 6. The minimum absolute atomic E-state index is 0. The van der Waals surface area contributed by atoms with E-state index in [4.69, 9.17) is 5.73 Å². The molecular weight excluding hydrogens is 344 g/mol. The van der Waals surface area contributed by atoms with Gasteiger partial charge in [0.15, 0.2) is 0 Å². The number of halogens is 1. The molecule has 1 aliphatic rings. The van der Waals surface area contributed by atoms with Gasteiger partial charge in [-0.1, -0.05) is 38.1 Å². The first-order valence-corrected chi connectivity index (χ1v) is 8.07. The minimum atomic E-state index is -0.532. The Labute approximate surface area is 153 Å². The van der Waals surface area contributed by atoms with Gasteiger partial charge >= 0.3 is 6.03 Å². The summed E-state index contributed by atoms with van der Waals surface area (Å²) in [7, 11) is 0. The molecule has 25 heavy (non-hydrogen) atoms. The summed E-state index contributed by atoms with van der Waals surface area (Å²) in [6.07, 6.45) is 0.209. The average molecular weight is 369 g/mol. The fourth-order valence-corrected chi connectivity index (χ4v) is 2.45. The number of hydrogen-bond acceptors (Lipinski definition) is 4. The zero-order valence-corrected chi connectivity index (χ0v) is 15.3. The maximum atomic E-state index is 11.9. The van der Waals surface area contributed by atoms with Gasteiger partial charge in [0.05, 0.1) is 0 Å². The third kappa shape index (κ3) is 6.03. The lowest BCUT2D eigenvalue weighted by Gasteiger charge is -2.26. The highest BCUT2D eigenvalue weighted by Gasteiger charge is 2.24. The Kier molecular flexibility index (Phi) is 7.86. The van der Waals surface area contributed by atoms with E-state index in [-0.39, 0.29) is 56.3 Å². The van der Waals surface area contributed by atoms with Gasteiger partial charge in [0, 0.05) is 25.6 Å². The van der Waals surface area contributed by atoms with Crippen molar-refractivity contribution in [2.75, 3.05) is 19.6 Å². The van der Waals surface area contributed by atoms with Crippen molar-refractivity contribution < 1.29 is 14.4 Å². The van der Waals surface area contributed by atoms with Crippen molar-refractivity contribution in [3.8, 4) is 0 Å². The maximum absolute atomic E-state index is 11.9. The SMILES string of the molecule is CC(C)c1ccc(C(N)CNC(=O)CN2CCC(=O)NC2=O)cc1.Cl. The highest BCUT2D eigenvalue weighted by Crippen LogP contribution is 2.17. The van der Waals surface area contributed by atoms with E-state index in [2.05, 4.69) is 24.5 Å². The molecule has 0 spiro atoms. The second-order valence-corrected chi connectivity index (χ2v) is 6.26. The van der Waals surface area contributed by atoms with Gasteiger partial charge in [0.1, 0.15) is 6.54 Å². The van der Waals surface area contributed by atoms with Gasteiger partial charge in [-0.15, -0.1) is 12.4 Å². The first-order chi connectivity index (χ1) is 11.4. The Morgan fingerprint density at radius 1 is 1.24 bits per heavy atom. The molecule has 7 nitrogen and oxygen atoms in total. The van der Waals surface area contributed by atoms with E-state index in [1.54, 1.807) is 0 Å². The monoisotopic (exact) mass is 368 g/mol. The van der Waals surface area contributed by atoms with Crippen LogP contribution in [0.2, 0.25) is 0 Å². The number of carbonyl (C=O) groups is 3. The van der Waals surface area contributed by atoms with Gasteiger partial charge in [-0.25, -0.2) is 4.79 Å². The molecule has 1 heterocycles. The van der Waals surface area contributed by atoms with Crippen molar-refractivity contribution in [3.05, 3.63) is 35.4 Å². The number of nitrogens with zero attached hydrogens (tertiary/aromatic N) is 1. The van der Waals surface area contributed by atoms with Crippen LogP contribution >= 0.6 is 12.4 Å². The fraction of sp³-hybridized carbons (Fsp3) is 0.471. The Morgan fingerprint density at radius 2 is 1.84 bits per heavy atom. The number of nitrogens with one attached hydrogen (secondary N) is 2. The molecule has 1 aliphatic heterocycles. The molecule has 1 unspecified atom stereocenters. The molecule has 1 saturated heterocycles. The first kappa shape index (κ1) is 20.9. The van der Waals surface area contributed by atoms with Crippen molar-refractivity contribution in [2.45, 2.75) is 32.2 Å². The average Bonchev–Trinajstić information content (AvgIpc) is 2.55. The van der Waals surface area contributed by atoms with Gasteiger partial charge in [-0.2, -0.15) is 0 Å². The third-order valence-corrected chi connectivity index (χ3v) is 4.03. The summed E-state index contributed by atoms with van der Waals surface area (Å²) in [5.74, 6) is -0.158. The topological polar surface area (TPSA) is 105 Å². The zero-order chi connectivity index (χ0) is 17.7. The minimum Gasteiger partial charge on any atom is -0.353 e. The predicted octanol–water partition coefficient (Wildman–Crippen LogP) is 1.29. The van der Waals surface area contributed by atoms with Crippen LogP contribution in [0.1, 0.15) is 43.4 Å². The number of hydrogen-bond donors (Lipinski definition) is 3. The summed E-state index contributed by atoms with van der Waals surface area (Å²) in [5.41, 5.74) is 8.28. The van der Waals surface area contributed by atoms with E-state index in [0.29, 0.717) is 5.92 Å². The van der Waals surface area contributed by atoms with Crippen molar-refractivity contribution in [1.82, 2.24) is 15.5 Å². The van der Waals surface area contributed by atoms with E-state index in [1.807, 2.05) is 24.3 Å². The van der Waals surface area contributed by atoms with Crippen LogP contribution in [-0.4, -0.2) is 42.4 Å². The Balaban J connectivity index is 0.00000312. The Morgan fingerprint density at radius 3 is 2.40 bits per heavy atom. The van der Waals surface area contributed by atoms with Crippen LogP contribution in [0.15, 0.2) is 24.3 Å². The van der Waals surface area contributed by atoms with Crippen LogP contribution in [0.25, 0.3) is 0 Å². The summed E-state index contributed by atoms with van der Waals surface area (Å²) in [6.45, 7) is 4.70. The molecule has 4 N–H and O–H groups in total. The molecule has 1 atom stereocenters. The molecule has 0 radical (unpaired) electrons. The molecule has 4 amide bonds. The molecule has 0 bridgehead atoms. The van der Waals surface area contributed by atoms with E-state index in [1.165, 1.54) is 10.5 Å². The third-order valence-electron chi connectivity index (χ3n) is 4.03. The van der Waals surface area contributed by atoms with Crippen LogP contribution < -0.4 is 16.4 Å². The number of amides is 4. The van der Waals surface area contributed by atoms with E-state index >= 15 is 0 Å².